The summed E-state index contributed by atoms with van der Waals surface area (Å²) in [5, 5.41) is -0.603. The molecular weight excluding hydrogens is 338 g/mol. The summed E-state index contributed by atoms with van der Waals surface area (Å²) in [6.45, 7) is 2.99. The molecule has 0 aliphatic rings. The fraction of sp³-hybridized carbons (Fsp3) is 0.400. The van der Waals surface area contributed by atoms with Crippen molar-refractivity contribution < 1.29 is 22.7 Å². The Morgan fingerprint density at radius 1 is 1.50 bits per heavy atom. The first kappa shape index (κ1) is 15.2. The van der Waals surface area contributed by atoms with Crippen LogP contribution in [0.5, 0.6) is 0 Å². The highest BCUT2D eigenvalue weighted by Crippen LogP contribution is 2.37. The van der Waals surface area contributed by atoms with E-state index in [1.54, 1.807) is 6.92 Å². The van der Waals surface area contributed by atoms with E-state index in [9.17, 15) is 18.0 Å². The average Bonchev–Trinajstić information content (AvgIpc) is 2.22. The van der Waals surface area contributed by atoms with E-state index in [-0.39, 0.29) is 22.3 Å². The van der Waals surface area contributed by atoms with E-state index >= 15 is 0 Å². The second-order valence-electron chi connectivity index (χ2n) is 3.28. The van der Waals surface area contributed by atoms with Gasteiger partial charge < -0.3 is 4.74 Å². The number of carbonyl (C=O) groups is 1. The van der Waals surface area contributed by atoms with Gasteiger partial charge in [0.2, 0.25) is 0 Å². The first-order valence-electron chi connectivity index (χ1n) is 4.80. The molecule has 0 spiro atoms. The Morgan fingerprint density at radius 3 is 2.50 bits per heavy atom. The van der Waals surface area contributed by atoms with Gasteiger partial charge in [0, 0.05) is 0 Å². The molecule has 1 aromatic heterocycles. The van der Waals surface area contributed by atoms with Crippen LogP contribution in [0.25, 0.3) is 0 Å². The predicted octanol–water partition coefficient (Wildman–Crippen LogP) is 4.00. The lowest BCUT2D eigenvalue weighted by Crippen LogP contribution is -2.15. The van der Waals surface area contributed by atoms with Crippen molar-refractivity contribution in [3.8, 4) is 0 Å². The number of aromatic nitrogens is 1. The lowest BCUT2D eigenvalue weighted by atomic mass is 10.1. The van der Waals surface area contributed by atoms with Crippen LogP contribution < -0.4 is 0 Å². The van der Waals surface area contributed by atoms with Gasteiger partial charge in [0.05, 0.1) is 17.2 Å². The van der Waals surface area contributed by atoms with Crippen LogP contribution in [0.4, 0.5) is 13.2 Å². The summed E-state index contributed by atoms with van der Waals surface area (Å²) < 4.78 is 42.3. The van der Waals surface area contributed by atoms with Gasteiger partial charge in [-0.05, 0) is 35.3 Å². The molecule has 1 aromatic rings. The fourth-order valence-electron chi connectivity index (χ4n) is 1.27. The van der Waals surface area contributed by atoms with Crippen molar-refractivity contribution in [3.05, 3.63) is 26.4 Å². The summed E-state index contributed by atoms with van der Waals surface area (Å²) in [5.74, 6) is -0.773. The van der Waals surface area contributed by atoms with Gasteiger partial charge in [-0.2, -0.15) is 13.2 Å². The Balaban J connectivity index is 3.43. The summed E-state index contributed by atoms with van der Waals surface area (Å²) in [5.41, 5.74) is -1.36. The van der Waals surface area contributed by atoms with Crippen molar-refractivity contribution in [2.24, 2.45) is 0 Å². The third kappa shape index (κ3) is 2.95. The molecule has 8 heteroatoms. The molecule has 0 amide bonds. The molecule has 0 saturated carbocycles. The van der Waals surface area contributed by atoms with Crippen LogP contribution in [0.3, 0.4) is 0 Å². The third-order valence-electron chi connectivity index (χ3n) is 2.08. The topological polar surface area (TPSA) is 39.2 Å². The minimum absolute atomic E-state index is 0.0238. The Bertz CT molecular complexity index is 491. The van der Waals surface area contributed by atoms with Gasteiger partial charge in [-0.15, -0.1) is 0 Å². The standard InChI is InChI=1S/C10H8BrClF3NO2/c1-3-18-9(17)5-4(2)6(12)7(10(13,14)15)16-8(5)11/h3H2,1-2H3. The molecule has 100 valence electrons. The lowest BCUT2D eigenvalue weighted by Gasteiger charge is -2.14. The molecule has 3 nitrogen and oxygen atoms in total. The highest BCUT2D eigenvalue weighted by Gasteiger charge is 2.38. The van der Waals surface area contributed by atoms with Crippen LogP contribution in [-0.2, 0) is 10.9 Å². The monoisotopic (exact) mass is 345 g/mol. The number of carbonyl (C=O) groups excluding carboxylic acids is 1. The van der Waals surface area contributed by atoms with Crippen LogP contribution >= 0.6 is 27.5 Å². The van der Waals surface area contributed by atoms with Gasteiger partial charge >= 0.3 is 12.1 Å². The van der Waals surface area contributed by atoms with Gasteiger partial charge in [0.25, 0.3) is 0 Å². The van der Waals surface area contributed by atoms with Crippen molar-refractivity contribution in [2.75, 3.05) is 6.61 Å². The molecular formula is C10H8BrClF3NO2. The highest BCUT2D eigenvalue weighted by molar-refractivity contribution is 9.10. The van der Waals surface area contributed by atoms with Crippen LogP contribution in [0.15, 0.2) is 4.60 Å². The van der Waals surface area contributed by atoms with Gasteiger partial charge in [-0.25, -0.2) is 9.78 Å². The first-order valence-corrected chi connectivity index (χ1v) is 5.97. The number of esters is 1. The number of ether oxygens (including phenoxy) is 1. The van der Waals surface area contributed by atoms with Crippen molar-refractivity contribution in [2.45, 2.75) is 20.0 Å². The number of nitrogens with zero attached hydrogens (tertiary/aromatic N) is 1. The molecule has 0 aromatic carbocycles. The van der Waals surface area contributed by atoms with Crippen LogP contribution in [0, 0.1) is 6.92 Å². The summed E-state index contributed by atoms with van der Waals surface area (Å²) >= 11 is 8.41. The second-order valence-corrected chi connectivity index (χ2v) is 4.41. The van der Waals surface area contributed by atoms with Gasteiger partial charge in [-0.1, -0.05) is 11.6 Å². The molecule has 0 atom stereocenters. The number of hydrogen-bond donors (Lipinski definition) is 0. The second kappa shape index (κ2) is 5.44. The number of halogens is 5. The van der Waals surface area contributed by atoms with E-state index in [1.165, 1.54) is 6.92 Å². The summed E-state index contributed by atoms with van der Waals surface area (Å²) in [4.78, 5) is 14.8. The number of alkyl halides is 3. The number of rotatable bonds is 2. The van der Waals surface area contributed by atoms with E-state index in [0.717, 1.165) is 0 Å². The zero-order chi connectivity index (χ0) is 14.1. The van der Waals surface area contributed by atoms with Crippen LogP contribution in [0.2, 0.25) is 5.02 Å². The molecule has 0 aliphatic heterocycles. The van der Waals surface area contributed by atoms with E-state index in [0.29, 0.717) is 0 Å². The molecule has 0 saturated heterocycles. The molecule has 1 rings (SSSR count). The molecule has 1 heterocycles. The number of pyridine rings is 1. The zero-order valence-corrected chi connectivity index (χ0v) is 11.7. The Hall–Kier alpha value is -0.820. The Kier molecular flexibility index (Phi) is 4.61. The minimum atomic E-state index is -4.68. The summed E-state index contributed by atoms with van der Waals surface area (Å²) in [6, 6.07) is 0. The van der Waals surface area contributed by atoms with E-state index < -0.39 is 22.9 Å². The molecule has 0 N–H and O–H groups in total. The third-order valence-corrected chi connectivity index (χ3v) is 3.11. The van der Waals surface area contributed by atoms with Crippen molar-refractivity contribution in [1.29, 1.82) is 0 Å². The summed E-state index contributed by atoms with van der Waals surface area (Å²) in [6.07, 6.45) is -4.68. The lowest BCUT2D eigenvalue weighted by molar-refractivity contribution is -0.141. The van der Waals surface area contributed by atoms with Crippen molar-refractivity contribution >= 4 is 33.5 Å². The predicted molar refractivity (Wildman–Crippen MR) is 62.6 cm³/mol. The minimum Gasteiger partial charge on any atom is -0.462 e. The van der Waals surface area contributed by atoms with E-state index in [1.807, 2.05) is 0 Å². The zero-order valence-electron chi connectivity index (χ0n) is 9.36. The van der Waals surface area contributed by atoms with Crippen LogP contribution in [-0.4, -0.2) is 17.6 Å². The Morgan fingerprint density at radius 2 is 2.06 bits per heavy atom. The molecule has 0 bridgehead atoms. The molecule has 0 aliphatic carbocycles. The average molecular weight is 347 g/mol. The summed E-state index contributed by atoms with van der Waals surface area (Å²) in [7, 11) is 0. The quantitative estimate of drug-likeness (QED) is 0.600. The first-order chi connectivity index (χ1) is 8.20. The fourth-order valence-corrected chi connectivity index (χ4v) is 2.15. The number of hydrogen-bond acceptors (Lipinski definition) is 3. The molecule has 18 heavy (non-hydrogen) atoms. The highest BCUT2D eigenvalue weighted by atomic mass is 79.9. The smallest absolute Gasteiger partial charge is 0.434 e. The molecule has 0 unspecified atom stereocenters. The van der Waals surface area contributed by atoms with Gasteiger partial charge in [0.15, 0.2) is 5.69 Å². The van der Waals surface area contributed by atoms with E-state index in [4.69, 9.17) is 16.3 Å². The van der Waals surface area contributed by atoms with Gasteiger partial charge in [-0.3, -0.25) is 0 Å². The van der Waals surface area contributed by atoms with Crippen molar-refractivity contribution in [3.63, 3.8) is 0 Å². The Labute approximate surface area is 114 Å². The van der Waals surface area contributed by atoms with Crippen molar-refractivity contribution in [1.82, 2.24) is 4.98 Å². The van der Waals surface area contributed by atoms with E-state index in [2.05, 4.69) is 20.9 Å². The van der Waals surface area contributed by atoms with Gasteiger partial charge in [0.1, 0.15) is 4.60 Å². The SMILES string of the molecule is CCOC(=O)c1c(Br)nc(C(F)(F)F)c(Cl)c1C. The molecule has 0 fully saturated rings. The maximum atomic E-state index is 12.6. The maximum Gasteiger partial charge on any atom is 0.434 e. The largest absolute Gasteiger partial charge is 0.462 e. The molecule has 0 radical (unpaired) electrons. The maximum absolute atomic E-state index is 12.6. The van der Waals surface area contributed by atoms with Crippen LogP contribution in [0.1, 0.15) is 28.5 Å². The normalized spacial score (nSPS) is 11.5.